The average Bonchev–Trinajstić information content (AvgIpc) is 2.80. The Morgan fingerprint density at radius 1 is 0.912 bits per heavy atom. The van der Waals surface area contributed by atoms with E-state index in [1.165, 1.54) is 11.8 Å². The second kappa shape index (κ2) is 12.2. The number of halogens is 1. The maximum Gasteiger partial charge on any atom is 0.243 e. The fourth-order valence-corrected chi connectivity index (χ4v) is 4.84. The Hall–Kier alpha value is -2.57. The average molecular weight is 540 g/mol. The molecule has 0 bridgehead atoms. The topological polar surface area (TPSA) is 49.4 Å². The van der Waals surface area contributed by atoms with E-state index in [9.17, 15) is 9.59 Å². The molecule has 3 aromatic rings. The van der Waals surface area contributed by atoms with Crippen molar-refractivity contribution in [1.82, 2.24) is 10.2 Å². The van der Waals surface area contributed by atoms with Crippen LogP contribution in [0.15, 0.2) is 94.3 Å². The SMILES string of the molecule is CC(C)(C)NC(=O)C(Cc1ccccc1)N(Cc1cccc(Br)c1)C(=O)CSc1ccccc1. The molecule has 178 valence electrons. The maximum atomic E-state index is 13.6. The Morgan fingerprint density at radius 2 is 1.53 bits per heavy atom. The maximum absolute atomic E-state index is 13.6. The van der Waals surface area contributed by atoms with Gasteiger partial charge < -0.3 is 10.2 Å². The first-order chi connectivity index (χ1) is 16.2. The van der Waals surface area contributed by atoms with Crippen LogP contribution in [0.5, 0.6) is 0 Å². The molecule has 3 aromatic carbocycles. The van der Waals surface area contributed by atoms with Gasteiger partial charge in [-0.25, -0.2) is 0 Å². The highest BCUT2D eigenvalue weighted by atomic mass is 79.9. The minimum Gasteiger partial charge on any atom is -0.350 e. The van der Waals surface area contributed by atoms with Crippen LogP contribution in [0.4, 0.5) is 0 Å². The van der Waals surface area contributed by atoms with Crippen LogP contribution in [0.2, 0.25) is 0 Å². The second-order valence-electron chi connectivity index (χ2n) is 9.20. The molecule has 0 saturated carbocycles. The minimum absolute atomic E-state index is 0.0705. The first kappa shape index (κ1) is 26.0. The highest BCUT2D eigenvalue weighted by Crippen LogP contribution is 2.22. The summed E-state index contributed by atoms with van der Waals surface area (Å²) in [7, 11) is 0. The van der Waals surface area contributed by atoms with Crippen molar-refractivity contribution in [1.29, 1.82) is 0 Å². The van der Waals surface area contributed by atoms with Crippen molar-refractivity contribution >= 4 is 39.5 Å². The van der Waals surface area contributed by atoms with Crippen LogP contribution in [0.3, 0.4) is 0 Å². The Balaban J connectivity index is 1.92. The van der Waals surface area contributed by atoms with Gasteiger partial charge in [0.25, 0.3) is 0 Å². The van der Waals surface area contributed by atoms with Crippen LogP contribution in [0.1, 0.15) is 31.9 Å². The molecular formula is C28H31BrN2O2S. The monoisotopic (exact) mass is 538 g/mol. The van der Waals surface area contributed by atoms with E-state index < -0.39 is 11.6 Å². The van der Waals surface area contributed by atoms with Crippen molar-refractivity contribution in [2.75, 3.05) is 5.75 Å². The first-order valence-corrected chi connectivity index (χ1v) is 13.1. The van der Waals surface area contributed by atoms with E-state index in [0.717, 1.165) is 20.5 Å². The molecule has 34 heavy (non-hydrogen) atoms. The van der Waals surface area contributed by atoms with Gasteiger partial charge in [-0.15, -0.1) is 11.8 Å². The highest BCUT2D eigenvalue weighted by Gasteiger charge is 2.32. The molecule has 0 fully saturated rings. The van der Waals surface area contributed by atoms with Gasteiger partial charge >= 0.3 is 0 Å². The van der Waals surface area contributed by atoms with E-state index in [1.807, 2.05) is 106 Å². The van der Waals surface area contributed by atoms with Crippen molar-refractivity contribution in [2.45, 2.75) is 50.2 Å². The summed E-state index contributed by atoms with van der Waals surface area (Å²) in [5.74, 6) is 0.0368. The van der Waals surface area contributed by atoms with Gasteiger partial charge in [0.2, 0.25) is 11.8 Å². The first-order valence-electron chi connectivity index (χ1n) is 11.3. The molecule has 4 nitrogen and oxygen atoms in total. The van der Waals surface area contributed by atoms with Crippen LogP contribution < -0.4 is 5.32 Å². The van der Waals surface area contributed by atoms with Gasteiger partial charge in [-0.05, 0) is 56.2 Å². The number of rotatable bonds is 9. The summed E-state index contributed by atoms with van der Waals surface area (Å²) < 4.78 is 0.940. The smallest absolute Gasteiger partial charge is 0.243 e. The Labute approximate surface area is 215 Å². The lowest BCUT2D eigenvalue weighted by molar-refractivity contribution is -0.140. The number of amides is 2. The fraction of sp³-hybridized carbons (Fsp3) is 0.286. The lowest BCUT2D eigenvalue weighted by Crippen LogP contribution is -2.54. The molecular weight excluding hydrogens is 508 g/mol. The standard InChI is InChI=1S/C28H31BrN2O2S/c1-28(2,3)30-27(33)25(18-21-11-6-4-7-12-21)31(19-22-13-10-14-23(29)17-22)26(32)20-34-24-15-8-5-9-16-24/h4-17,25H,18-20H2,1-3H3,(H,30,33). The predicted molar refractivity (Wildman–Crippen MR) is 144 cm³/mol. The second-order valence-corrected chi connectivity index (χ2v) is 11.2. The van der Waals surface area contributed by atoms with Gasteiger partial charge in [-0.2, -0.15) is 0 Å². The third-order valence-electron chi connectivity index (χ3n) is 5.12. The molecule has 6 heteroatoms. The van der Waals surface area contributed by atoms with Gasteiger partial charge in [0.15, 0.2) is 0 Å². The molecule has 0 aliphatic carbocycles. The predicted octanol–water partition coefficient (Wildman–Crippen LogP) is 6.10. The fourth-order valence-electron chi connectivity index (χ4n) is 3.58. The van der Waals surface area contributed by atoms with Crippen molar-refractivity contribution in [2.24, 2.45) is 0 Å². The minimum atomic E-state index is -0.635. The van der Waals surface area contributed by atoms with Gasteiger partial charge in [-0.1, -0.05) is 76.6 Å². The Kier molecular flexibility index (Phi) is 9.36. The zero-order valence-electron chi connectivity index (χ0n) is 19.8. The molecule has 1 atom stereocenters. The summed E-state index contributed by atoms with van der Waals surface area (Å²) in [6, 6.07) is 27.0. The quantitative estimate of drug-likeness (QED) is 0.335. The largest absolute Gasteiger partial charge is 0.350 e. The van der Waals surface area contributed by atoms with Crippen molar-refractivity contribution < 1.29 is 9.59 Å². The molecule has 0 radical (unpaired) electrons. The summed E-state index contributed by atoms with van der Waals surface area (Å²) in [5, 5.41) is 3.10. The van der Waals surface area contributed by atoms with Gasteiger partial charge in [0, 0.05) is 27.9 Å². The Bertz CT molecular complexity index is 1080. The molecule has 2 amide bonds. The Morgan fingerprint density at radius 3 is 2.15 bits per heavy atom. The summed E-state index contributed by atoms with van der Waals surface area (Å²) in [5.41, 5.74) is 1.57. The van der Waals surface area contributed by atoms with Crippen LogP contribution in [0, 0.1) is 0 Å². The molecule has 0 aromatic heterocycles. The third-order valence-corrected chi connectivity index (χ3v) is 6.61. The van der Waals surface area contributed by atoms with Gasteiger partial charge in [0.05, 0.1) is 5.75 Å². The lowest BCUT2D eigenvalue weighted by Gasteiger charge is -2.34. The van der Waals surface area contributed by atoms with Crippen LogP contribution in [-0.2, 0) is 22.6 Å². The molecule has 0 aliphatic rings. The van der Waals surface area contributed by atoms with Crippen molar-refractivity contribution in [3.8, 4) is 0 Å². The van der Waals surface area contributed by atoms with Crippen molar-refractivity contribution in [3.05, 3.63) is 101 Å². The van der Waals surface area contributed by atoms with Crippen LogP contribution in [0.25, 0.3) is 0 Å². The lowest BCUT2D eigenvalue weighted by atomic mass is 10.0. The number of hydrogen-bond donors (Lipinski definition) is 1. The van der Waals surface area contributed by atoms with E-state index in [2.05, 4.69) is 21.2 Å². The molecule has 0 heterocycles. The number of thioether (sulfide) groups is 1. The van der Waals surface area contributed by atoms with Crippen LogP contribution in [-0.4, -0.2) is 34.0 Å². The molecule has 1 unspecified atom stereocenters. The summed E-state index contributed by atoms with van der Waals surface area (Å²) in [6.07, 6.45) is 0.443. The van der Waals surface area contributed by atoms with E-state index in [1.54, 1.807) is 4.90 Å². The summed E-state index contributed by atoms with van der Waals surface area (Å²) in [6.45, 7) is 6.21. The molecule has 3 rings (SSSR count). The number of nitrogens with one attached hydrogen (secondary N) is 1. The van der Waals surface area contributed by atoms with Crippen LogP contribution >= 0.6 is 27.7 Å². The molecule has 0 spiro atoms. The van der Waals surface area contributed by atoms with Crippen molar-refractivity contribution in [3.63, 3.8) is 0 Å². The van der Waals surface area contributed by atoms with E-state index in [-0.39, 0.29) is 17.6 Å². The number of nitrogens with zero attached hydrogens (tertiary/aromatic N) is 1. The highest BCUT2D eigenvalue weighted by molar-refractivity contribution is 9.10. The van der Waals surface area contributed by atoms with Gasteiger partial charge in [-0.3, -0.25) is 9.59 Å². The summed E-state index contributed by atoms with van der Waals surface area (Å²) in [4.78, 5) is 29.9. The normalized spacial score (nSPS) is 12.1. The van der Waals surface area contributed by atoms with Gasteiger partial charge in [0.1, 0.15) is 6.04 Å². The zero-order chi connectivity index (χ0) is 24.6. The summed E-state index contributed by atoms with van der Waals surface area (Å²) >= 11 is 5.01. The number of carbonyl (C=O) groups excluding carboxylic acids is 2. The number of hydrogen-bond acceptors (Lipinski definition) is 3. The molecule has 0 aliphatic heterocycles. The van der Waals surface area contributed by atoms with E-state index in [4.69, 9.17) is 0 Å². The molecule has 0 saturated heterocycles. The number of benzene rings is 3. The number of carbonyl (C=O) groups is 2. The zero-order valence-corrected chi connectivity index (χ0v) is 22.2. The van der Waals surface area contributed by atoms with E-state index in [0.29, 0.717) is 13.0 Å². The molecule has 1 N–H and O–H groups in total. The third kappa shape index (κ3) is 8.33. The van der Waals surface area contributed by atoms with E-state index >= 15 is 0 Å².